The van der Waals surface area contributed by atoms with Crippen LogP contribution >= 0.6 is 10.2 Å². The number of quaternary nitrogens is 2. The molecule has 0 spiro atoms. The molecule has 0 fully saturated rings. The summed E-state index contributed by atoms with van der Waals surface area (Å²) in [5.41, 5.74) is -1.19. The molecule has 18 heteroatoms. The summed E-state index contributed by atoms with van der Waals surface area (Å²) in [5, 5.41) is 8.57. The molecule has 2 unspecified atom stereocenters. The Morgan fingerprint density at radius 1 is 1.18 bits per heavy atom. The first-order chi connectivity index (χ1) is 15.0. The number of esters is 1. The number of carbonyl (C=O) groups is 1. The fraction of sp³-hybridized carbons (Fsp3) is 0.400. The summed E-state index contributed by atoms with van der Waals surface area (Å²) in [4.78, 5) is 23.7. The Kier molecular flexibility index (Phi) is 7.25. The first kappa shape index (κ1) is 27.0. The van der Waals surface area contributed by atoms with Crippen molar-refractivity contribution in [3.63, 3.8) is 0 Å². The smallest absolute Gasteiger partial charge is 0.430 e. The maximum Gasteiger partial charge on any atom is 0.430 e. The van der Waals surface area contributed by atoms with Crippen LogP contribution in [0.4, 0.5) is 32.6 Å². The van der Waals surface area contributed by atoms with Crippen LogP contribution in [0.5, 0.6) is 5.75 Å². The Bertz CT molecular complexity index is 910. The predicted molar refractivity (Wildman–Crippen MR) is 90.7 cm³/mol. The molecular weight excluding hydrogens is 504 g/mol. The van der Waals surface area contributed by atoms with Gasteiger partial charge in [-0.2, -0.15) is 32.9 Å². The SMILES string of the molecule is CO[NH2+]OCC(CO[NH2+]O)OC(=O)C1=Cc2cc(S(F)(F)(F)(F)F)ccc2OC1C(F)(F)F. The third-order valence-corrected chi connectivity index (χ3v) is 5.02. The molecule has 0 saturated heterocycles. The standard InChI is InChI=1S/C15H18F8N2O7S/c1-28-25-30-7-9(6-29-24-27)31-14(26)11-5-8-4-10(33(19,20,21,22)23)2-3-12(8)32-13(11)15(16,17)18/h2-5,9,13,27H,6-7,24-25H2,1H3/q+2. The van der Waals surface area contributed by atoms with E-state index >= 15 is 0 Å². The summed E-state index contributed by atoms with van der Waals surface area (Å²) >= 11 is 0. The Morgan fingerprint density at radius 2 is 1.82 bits per heavy atom. The monoisotopic (exact) mass is 522 g/mol. The van der Waals surface area contributed by atoms with Gasteiger partial charge in [0.2, 0.25) is 6.10 Å². The van der Waals surface area contributed by atoms with Gasteiger partial charge in [0.05, 0.1) is 12.7 Å². The van der Waals surface area contributed by atoms with Crippen molar-refractivity contribution in [3.05, 3.63) is 29.3 Å². The lowest BCUT2D eigenvalue weighted by Crippen LogP contribution is -2.82. The van der Waals surface area contributed by atoms with Gasteiger partial charge in [-0.15, -0.1) is 0 Å². The van der Waals surface area contributed by atoms with Crippen molar-refractivity contribution >= 4 is 22.3 Å². The number of benzene rings is 1. The first-order valence-electron chi connectivity index (χ1n) is 8.54. The molecule has 0 saturated carbocycles. The van der Waals surface area contributed by atoms with Crippen molar-refractivity contribution in [1.29, 1.82) is 0 Å². The highest BCUT2D eigenvalue weighted by molar-refractivity contribution is 8.45. The van der Waals surface area contributed by atoms with E-state index in [-0.39, 0.29) is 17.8 Å². The minimum atomic E-state index is -10.2. The minimum absolute atomic E-state index is 0.118. The number of fused-ring (bicyclic) bond motifs is 1. The van der Waals surface area contributed by atoms with Gasteiger partial charge in [-0.25, -0.2) is 4.79 Å². The second-order valence-electron chi connectivity index (χ2n) is 6.44. The zero-order valence-electron chi connectivity index (χ0n) is 16.4. The topological polar surface area (TPSA) is 117 Å². The zero-order chi connectivity index (χ0) is 25.1. The van der Waals surface area contributed by atoms with E-state index in [1.165, 1.54) is 7.11 Å². The summed E-state index contributed by atoms with van der Waals surface area (Å²) in [6, 6.07) is 0.0458. The number of hydrogen-bond donors (Lipinski definition) is 3. The van der Waals surface area contributed by atoms with E-state index < -0.39 is 69.6 Å². The Morgan fingerprint density at radius 3 is 2.36 bits per heavy atom. The average Bonchev–Trinajstić information content (AvgIpc) is 2.68. The molecule has 0 amide bonds. The molecule has 0 aromatic heterocycles. The van der Waals surface area contributed by atoms with Crippen molar-refractivity contribution in [1.82, 2.24) is 0 Å². The van der Waals surface area contributed by atoms with Gasteiger partial charge in [-0.1, -0.05) is 30.7 Å². The van der Waals surface area contributed by atoms with E-state index in [4.69, 9.17) is 14.8 Å². The fourth-order valence-electron chi connectivity index (χ4n) is 2.53. The van der Waals surface area contributed by atoms with Gasteiger partial charge in [-0.3, -0.25) is 0 Å². The lowest BCUT2D eigenvalue weighted by atomic mass is 10.0. The average molecular weight is 522 g/mol. The zero-order valence-corrected chi connectivity index (χ0v) is 17.2. The van der Waals surface area contributed by atoms with E-state index in [2.05, 4.69) is 14.4 Å². The number of hydrogen-bond acceptors (Lipinski definition) is 7. The van der Waals surface area contributed by atoms with Gasteiger partial charge in [-0.05, 0) is 24.3 Å². The molecule has 190 valence electrons. The first-order valence-corrected chi connectivity index (χ1v) is 10.5. The highest BCUT2D eigenvalue weighted by atomic mass is 32.5. The van der Waals surface area contributed by atoms with Crippen LogP contribution < -0.4 is 16.0 Å². The van der Waals surface area contributed by atoms with Crippen molar-refractivity contribution in [2.24, 2.45) is 0 Å². The molecule has 2 atom stereocenters. The maximum atomic E-state index is 13.4. The van der Waals surface area contributed by atoms with E-state index in [1.54, 1.807) is 0 Å². The minimum Gasteiger partial charge on any atom is -0.475 e. The molecule has 1 aromatic carbocycles. The Labute approximate surface area is 179 Å². The summed E-state index contributed by atoms with van der Waals surface area (Å²) in [6.07, 6.45) is -9.32. The van der Waals surface area contributed by atoms with Gasteiger partial charge in [0.1, 0.15) is 23.9 Å². The summed E-state index contributed by atoms with van der Waals surface area (Å²) in [5.74, 6) is -2.53. The second-order valence-corrected chi connectivity index (χ2v) is 8.85. The molecule has 0 bridgehead atoms. The van der Waals surface area contributed by atoms with Crippen molar-refractivity contribution in [2.45, 2.75) is 23.3 Å². The van der Waals surface area contributed by atoms with Crippen LogP contribution in [0, 0.1) is 0 Å². The molecule has 2 rings (SSSR count). The van der Waals surface area contributed by atoms with Gasteiger partial charge < -0.3 is 9.47 Å². The van der Waals surface area contributed by atoms with Crippen LogP contribution in [0.3, 0.4) is 0 Å². The quantitative estimate of drug-likeness (QED) is 0.186. The number of rotatable bonds is 10. The van der Waals surface area contributed by atoms with E-state index in [0.29, 0.717) is 12.1 Å². The third kappa shape index (κ3) is 7.39. The molecule has 33 heavy (non-hydrogen) atoms. The lowest BCUT2D eigenvalue weighted by molar-refractivity contribution is -1.07. The third-order valence-electron chi connectivity index (χ3n) is 3.87. The fourth-order valence-corrected chi connectivity index (χ4v) is 3.20. The van der Waals surface area contributed by atoms with Gasteiger partial charge >= 0.3 is 22.4 Å². The highest BCUT2D eigenvalue weighted by Gasteiger charge is 2.65. The molecule has 1 aromatic rings. The molecule has 1 heterocycles. The predicted octanol–water partition coefficient (Wildman–Crippen LogP) is 1.90. The van der Waals surface area contributed by atoms with Crippen LogP contribution in [-0.4, -0.2) is 49.9 Å². The van der Waals surface area contributed by atoms with E-state index in [9.17, 15) is 37.4 Å². The van der Waals surface area contributed by atoms with Crippen molar-refractivity contribution in [2.75, 3.05) is 20.3 Å². The number of ether oxygens (including phenoxy) is 2. The summed E-state index contributed by atoms with van der Waals surface area (Å²) in [7, 11) is -8.98. The highest BCUT2D eigenvalue weighted by Crippen LogP contribution is 3.02. The molecule has 9 nitrogen and oxygen atoms in total. The summed E-state index contributed by atoms with van der Waals surface area (Å²) in [6.45, 7) is -1.13. The number of halogens is 8. The molecule has 5 N–H and O–H groups in total. The van der Waals surface area contributed by atoms with Gasteiger partial charge in [0, 0.05) is 5.56 Å². The van der Waals surface area contributed by atoms with Crippen LogP contribution in [0.2, 0.25) is 0 Å². The van der Waals surface area contributed by atoms with Crippen molar-refractivity contribution < 1.29 is 77.9 Å². The van der Waals surface area contributed by atoms with Crippen LogP contribution in [0.25, 0.3) is 6.08 Å². The molecule has 1 aliphatic heterocycles. The van der Waals surface area contributed by atoms with Crippen LogP contribution in [-0.2, 0) is 24.0 Å². The van der Waals surface area contributed by atoms with Gasteiger partial charge in [0.25, 0.3) is 0 Å². The molecule has 0 radical (unpaired) electrons. The van der Waals surface area contributed by atoms with Gasteiger partial charge in [0.15, 0.2) is 6.10 Å². The van der Waals surface area contributed by atoms with E-state index in [0.717, 1.165) is 5.64 Å². The molecular formula is C15H18F8N2O7S+2. The van der Waals surface area contributed by atoms with E-state index in [1.807, 2.05) is 0 Å². The summed E-state index contributed by atoms with van der Waals surface area (Å²) < 4.78 is 115. The Hall–Kier alpha value is -2.22. The maximum absolute atomic E-state index is 13.4. The molecule has 1 aliphatic rings. The number of nitrogens with two attached hydrogens (primary N) is 2. The molecule has 0 aliphatic carbocycles. The number of alkyl halides is 3. The largest absolute Gasteiger partial charge is 0.475 e. The second kappa shape index (κ2) is 8.85. The Balaban J connectivity index is 2.43. The lowest BCUT2D eigenvalue weighted by Gasteiger charge is -2.41. The normalized spacial score (nSPS) is 19.5. The van der Waals surface area contributed by atoms with Crippen LogP contribution in [0.1, 0.15) is 5.56 Å². The number of carbonyl (C=O) groups excluding carboxylic acids is 1. The van der Waals surface area contributed by atoms with Crippen LogP contribution in [0.15, 0.2) is 28.7 Å². The van der Waals surface area contributed by atoms with Crippen molar-refractivity contribution in [3.8, 4) is 5.75 Å².